The molecule has 0 atom stereocenters. The zero-order valence-electron chi connectivity index (χ0n) is 17.5. The minimum Gasteiger partial charge on any atom is -0.324 e. The highest BCUT2D eigenvalue weighted by molar-refractivity contribution is 4.49. The number of quaternary nitrogens is 2. The molecule has 0 heterocycles. The van der Waals surface area contributed by atoms with E-state index >= 15 is 0 Å². The summed E-state index contributed by atoms with van der Waals surface area (Å²) in [6.07, 6.45) is 9.76. The van der Waals surface area contributed by atoms with Crippen LogP contribution in [0.5, 0.6) is 0 Å². The van der Waals surface area contributed by atoms with Gasteiger partial charge >= 0.3 is 0 Å². The van der Waals surface area contributed by atoms with E-state index in [1.807, 2.05) is 0 Å². The first-order chi connectivity index (χ1) is 11.1. The summed E-state index contributed by atoms with van der Waals surface area (Å²) in [7, 11) is 0. The Morgan fingerprint density at radius 2 is 0.739 bits per heavy atom. The summed E-state index contributed by atoms with van der Waals surface area (Å²) in [5.41, 5.74) is 0. The van der Waals surface area contributed by atoms with Gasteiger partial charge in [-0.15, -0.1) is 0 Å². The van der Waals surface area contributed by atoms with Crippen molar-refractivity contribution in [1.82, 2.24) is 0 Å². The summed E-state index contributed by atoms with van der Waals surface area (Å²) in [6, 6.07) is 0. The largest absolute Gasteiger partial charge is 0.324 e. The number of hydrogen-bond acceptors (Lipinski definition) is 0. The molecule has 0 saturated carbocycles. The van der Waals surface area contributed by atoms with Crippen LogP contribution in [0.1, 0.15) is 86.5 Å². The van der Waals surface area contributed by atoms with Gasteiger partial charge in [0.25, 0.3) is 0 Å². The monoisotopic (exact) mass is 328 g/mol. The molecule has 140 valence electrons. The Morgan fingerprint density at radius 3 is 1.09 bits per heavy atom. The molecule has 23 heavy (non-hydrogen) atoms. The minimum atomic E-state index is 1.30. The van der Waals surface area contributed by atoms with Crippen molar-refractivity contribution in [3.63, 3.8) is 0 Å². The van der Waals surface area contributed by atoms with Crippen LogP contribution in [0.25, 0.3) is 0 Å². The molecule has 2 nitrogen and oxygen atoms in total. The highest BCUT2D eigenvalue weighted by Gasteiger charge is 2.24. The Kier molecular flexibility index (Phi) is 13.2. The van der Waals surface area contributed by atoms with Gasteiger partial charge < -0.3 is 8.97 Å². The molecular formula is C21H48N2+2. The third-order valence-corrected chi connectivity index (χ3v) is 6.42. The fourth-order valence-corrected chi connectivity index (χ4v) is 4.01. The molecule has 0 bridgehead atoms. The lowest BCUT2D eigenvalue weighted by atomic mass is 10.1. The standard InChI is InChI=1S/C21H48N2/c1-7-13-18-23(12-6,19-14-8-2)21-17-15-16-20-22(9-3,10-4)11-5/h7-21H2,1-6H3/q+2. The Hall–Kier alpha value is -0.0800. The maximum atomic E-state index is 2.42. The molecule has 2 heteroatoms. The summed E-state index contributed by atoms with van der Waals surface area (Å²) in [6.45, 7) is 25.0. The lowest BCUT2D eigenvalue weighted by Gasteiger charge is -2.39. The third kappa shape index (κ3) is 8.54. The zero-order chi connectivity index (χ0) is 17.6. The van der Waals surface area contributed by atoms with Crippen molar-refractivity contribution in [3.05, 3.63) is 0 Å². The summed E-state index contributed by atoms with van der Waals surface area (Å²) in [5, 5.41) is 0. The van der Waals surface area contributed by atoms with Gasteiger partial charge in [0.1, 0.15) is 0 Å². The summed E-state index contributed by atoms with van der Waals surface area (Å²) >= 11 is 0. The van der Waals surface area contributed by atoms with Crippen molar-refractivity contribution < 1.29 is 8.97 Å². The van der Waals surface area contributed by atoms with Crippen LogP contribution in [0.2, 0.25) is 0 Å². The van der Waals surface area contributed by atoms with Crippen molar-refractivity contribution >= 4 is 0 Å². The highest BCUT2D eigenvalue weighted by atomic mass is 15.3. The molecule has 0 aromatic heterocycles. The molecule has 0 unspecified atom stereocenters. The van der Waals surface area contributed by atoms with Crippen LogP contribution in [-0.4, -0.2) is 61.3 Å². The molecule has 0 rings (SSSR count). The van der Waals surface area contributed by atoms with Crippen LogP contribution in [-0.2, 0) is 0 Å². The smallest absolute Gasteiger partial charge is 0.0786 e. The van der Waals surface area contributed by atoms with E-state index in [2.05, 4.69) is 41.5 Å². The van der Waals surface area contributed by atoms with E-state index in [1.54, 1.807) is 0 Å². The van der Waals surface area contributed by atoms with Gasteiger partial charge in [0.2, 0.25) is 0 Å². The van der Waals surface area contributed by atoms with Crippen LogP contribution in [0, 0.1) is 0 Å². The molecule has 0 N–H and O–H groups in total. The van der Waals surface area contributed by atoms with Crippen molar-refractivity contribution in [2.45, 2.75) is 86.5 Å². The van der Waals surface area contributed by atoms with Gasteiger partial charge in [-0.1, -0.05) is 26.7 Å². The maximum absolute atomic E-state index is 2.42. The summed E-state index contributed by atoms with van der Waals surface area (Å²) < 4.78 is 2.70. The highest BCUT2D eigenvalue weighted by Crippen LogP contribution is 2.16. The van der Waals surface area contributed by atoms with Gasteiger partial charge in [-0.3, -0.25) is 0 Å². The second-order valence-corrected chi connectivity index (χ2v) is 7.61. The fraction of sp³-hybridized carbons (Fsp3) is 1.00. The van der Waals surface area contributed by atoms with E-state index in [0.29, 0.717) is 0 Å². The number of nitrogens with zero attached hydrogens (tertiary/aromatic N) is 2. The second-order valence-electron chi connectivity index (χ2n) is 7.61. The first-order valence-electron chi connectivity index (χ1n) is 10.8. The van der Waals surface area contributed by atoms with Crippen LogP contribution in [0.3, 0.4) is 0 Å². The molecule has 0 aliphatic rings. The molecule has 0 aliphatic carbocycles. The average molecular weight is 329 g/mol. The molecular weight excluding hydrogens is 280 g/mol. The van der Waals surface area contributed by atoms with Crippen LogP contribution < -0.4 is 0 Å². The van der Waals surface area contributed by atoms with Crippen LogP contribution in [0.4, 0.5) is 0 Å². The molecule has 0 aromatic rings. The Bertz CT molecular complexity index is 242. The molecule has 0 aromatic carbocycles. The fourth-order valence-electron chi connectivity index (χ4n) is 4.01. The van der Waals surface area contributed by atoms with E-state index in [4.69, 9.17) is 0 Å². The predicted octanol–water partition coefficient (Wildman–Crippen LogP) is 5.47. The number of unbranched alkanes of at least 4 members (excludes halogenated alkanes) is 4. The van der Waals surface area contributed by atoms with Gasteiger partial charge in [0.15, 0.2) is 0 Å². The summed E-state index contributed by atoms with van der Waals surface area (Å²) in [5.74, 6) is 0. The van der Waals surface area contributed by atoms with Crippen LogP contribution >= 0.6 is 0 Å². The SMILES string of the molecule is CCCC[N+](CC)(CCCC)CCCCC[N+](CC)(CC)CC. The second kappa shape index (κ2) is 13.2. The Balaban J connectivity index is 4.29. The zero-order valence-corrected chi connectivity index (χ0v) is 17.5. The Morgan fingerprint density at radius 1 is 0.391 bits per heavy atom. The van der Waals surface area contributed by atoms with Crippen molar-refractivity contribution in [2.24, 2.45) is 0 Å². The average Bonchev–Trinajstić information content (AvgIpc) is 2.60. The minimum absolute atomic E-state index is 1.30. The topological polar surface area (TPSA) is 0 Å². The normalized spacial score (nSPS) is 12.8. The lowest BCUT2D eigenvalue weighted by Crippen LogP contribution is -2.50. The van der Waals surface area contributed by atoms with Gasteiger partial charge in [-0.2, -0.15) is 0 Å². The first-order valence-corrected chi connectivity index (χ1v) is 10.8. The van der Waals surface area contributed by atoms with Gasteiger partial charge in [0.05, 0.1) is 52.4 Å². The van der Waals surface area contributed by atoms with Gasteiger partial charge in [-0.05, 0) is 59.8 Å². The molecule has 0 saturated heterocycles. The van der Waals surface area contributed by atoms with E-state index in [1.165, 1.54) is 106 Å². The third-order valence-electron chi connectivity index (χ3n) is 6.42. The molecule has 0 spiro atoms. The predicted molar refractivity (Wildman–Crippen MR) is 106 cm³/mol. The molecule has 0 aliphatic heterocycles. The lowest BCUT2D eigenvalue weighted by molar-refractivity contribution is -0.928. The number of hydrogen-bond donors (Lipinski definition) is 0. The molecule has 0 fully saturated rings. The van der Waals surface area contributed by atoms with E-state index < -0.39 is 0 Å². The van der Waals surface area contributed by atoms with Gasteiger partial charge in [0, 0.05) is 0 Å². The van der Waals surface area contributed by atoms with Crippen molar-refractivity contribution in [2.75, 3.05) is 52.4 Å². The van der Waals surface area contributed by atoms with E-state index in [0.717, 1.165) is 0 Å². The van der Waals surface area contributed by atoms with Crippen molar-refractivity contribution in [3.8, 4) is 0 Å². The number of rotatable bonds is 16. The van der Waals surface area contributed by atoms with E-state index in [9.17, 15) is 0 Å². The molecule has 0 amide bonds. The van der Waals surface area contributed by atoms with Crippen molar-refractivity contribution in [1.29, 1.82) is 0 Å². The maximum Gasteiger partial charge on any atom is 0.0786 e. The summed E-state index contributed by atoms with van der Waals surface area (Å²) in [4.78, 5) is 0. The molecule has 0 radical (unpaired) electrons. The van der Waals surface area contributed by atoms with Crippen LogP contribution in [0.15, 0.2) is 0 Å². The quantitative estimate of drug-likeness (QED) is 0.260. The van der Waals surface area contributed by atoms with Gasteiger partial charge in [-0.25, -0.2) is 0 Å². The Labute approximate surface area is 148 Å². The first kappa shape index (κ1) is 22.9. The van der Waals surface area contributed by atoms with E-state index in [-0.39, 0.29) is 0 Å².